The van der Waals surface area contributed by atoms with Crippen LogP contribution in [0, 0.1) is 12.8 Å². The first-order valence-corrected chi connectivity index (χ1v) is 7.21. The molecule has 0 unspecified atom stereocenters. The van der Waals surface area contributed by atoms with Crippen molar-refractivity contribution in [3.05, 3.63) is 59.2 Å². The summed E-state index contributed by atoms with van der Waals surface area (Å²) in [4.78, 5) is 9.19. The van der Waals surface area contributed by atoms with Crippen LogP contribution in [0.1, 0.15) is 36.6 Å². The highest BCUT2D eigenvalue weighted by Gasteiger charge is 2.04. The molecular formula is C17H23N3. The molecule has 0 atom stereocenters. The molecule has 1 aromatic heterocycles. The molecular weight excluding hydrogens is 246 g/mol. The van der Waals surface area contributed by atoms with Crippen LogP contribution in [-0.2, 0) is 13.0 Å². The fourth-order valence-electron chi connectivity index (χ4n) is 2.14. The number of nitrogens with zero attached hydrogens (tertiary/aromatic N) is 2. The van der Waals surface area contributed by atoms with Crippen LogP contribution in [0.15, 0.2) is 36.4 Å². The Balaban J connectivity index is 2.04. The first-order chi connectivity index (χ1) is 9.63. The highest BCUT2D eigenvalue weighted by atomic mass is 14.9. The maximum atomic E-state index is 4.65. The predicted molar refractivity (Wildman–Crippen MR) is 82.6 cm³/mol. The molecule has 0 aliphatic carbocycles. The standard InChI is InChI=1S/C17H23N3/c1-13(2)11-18-12-16-9-14(3)19-17(20-16)10-15-7-5-4-6-8-15/h4-9,13,18H,10-12H2,1-3H3. The van der Waals surface area contributed by atoms with Crippen molar-refractivity contribution in [2.75, 3.05) is 6.54 Å². The van der Waals surface area contributed by atoms with Gasteiger partial charge in [-0.2, -0.15) is 0 Å². The fourth-order valence-corrected chi connectivity index (χ4v) is 2.14. The van der Waals surface area contributed by atoms with Gasteiger partial charge in [0, 0.05) is 18.7 Å². The van der Waals surface area contributed by atoms with Crippen LogP contribution in [-0.4, -0.2) is 16.5 Å². The Morgan fingerprint density at radius 1 is 1.10 bits per heavy atom. The number of aryl methyl sites for hydroxylation is 1. The van der Waals surface area contributed by atoms with E-state index in [1.54, 1.807) is 0 Å². The molecule has 106 valence electrons. The van der Waals surface area contributed by atoms with E-state index in [0.717, 1.165) is 36.7 Å². The molecule has 2 rings (SSSR count). The van der Waals surface area contributed by atoms with Crippen LogP contribution in [0.25, 0.3) is 0 Å². The maximum absolute atomic E-state index is 4.65. The zero-order valence-corrected chi connectivity index (χ0v) is 12.6. The third-order valence-corrected chi connectivity index (χ3v) is 3.02. The Bertz CT molecular complexity index is 535. The van der Waals surface area contributed by atoms with Crippen LogP contribution in [0.4, 0.5) is 0 Å². The molecule has 2 aromatic rings. The van der Waals surface area contributed by atoms with E-state index in [2.05, 4.69) is 59.5 Å². The second-order valence-electron chi connectivity index (χ2n) is 5.60. The van der Waals surface area contributed by atoms with Crippen molar-refractivity contribution in [3.8, 4) is 0 Å². The van der Waals surface area contributed by atoms with Crippen molar-refractivity contribution in [2.24, 2.45) is 5.92 Å². The minimum absolute atomic E-state index is 0.654. The Morgan fingerprint density at radius 2 is 1.85 bits per heavy atom. The van der Waals surface area contributed by atoms with Gasteiger partial charge in [0.05, 0.1) is 5.69 Å². The lowest BCUT2D eigenvalue weighted by atomic mass is 10.1. The number of hydrogen-bond donors (Lipinski definition) is 1. The third kappa shape index (κ3) is 4.74. The molecule has 0 saturated heterocycles. The fraction of sp³-hybridized carbons (Fsp3) is 0.412. The molecule has 1 N–H and O–H groups in total. The SMILES string of the molecule is Cc1cc(CNCC(C)C)nc(Cc2ccccc2)n1. The first kappa shape index (κ1) is 14.7. The van der Waals surface area contributed by atoms with E-state index >= 15 is 0 Å². The minimum Gasteiger partial charge on any atom is -0.311 e. The maximum Gasteiger partial charge on any atom is 0.133 e. The topological polar surface area (TPSA) is 37.8 Å². The molecule has 0 radical (unpaired) electrons. The van der Waals surface area contributed by atoms with Crippen molar-refractivity contribution in [2.45, 2.75) is 33.7 Å². The van der Waals surface area contributed by atoms with E-state index in [0.29, 0.717) is 5.92 Å². The molecule has 0 amide bonds. The van der Waals surface area contributed by atoms with Gasteiger partial charge in [0.1, 0.15) is 5.82 Å². The van der Waals surface area contributed by atoms with Gasteiger partial charge in [-0.1, -0.05) is 44.2 Å². The summed E-state index contributed by atoms with van der Waals surface area (Å²) in [5.41, 5.74) is 3.36. The van der Waals surface area contributed by atoms with Gasteiger partial charge >= 0.3 is 0 Å². The molecule has 0 aliphatic rings. The molecule has 0 aliphatic heterocycles. The zero-order chi connectivity index (χ0) is 14.4. The van der Waals surface area contributed by atoms with Gasteiger partial charge in [0.2, 0.25) is 0 Å². The molecule has 0 fully saturated rings. The highest BCUT2D eigenvalue weighted by Crippen LogP contribution is 2.07. The smallest absolute Gasteiger partial charge is 0.133 e. The molecule has 3 heteroatoms. The number of aromatic nitrogens is 2. The lowest BCUT2D eigenvalue weighted by Gasteiger charge is -2.09. The monoisotopic (exact) mass is 269 g/mol. The second kappa shape index (κ2) is 7.15. The van der Waals surface area contributed by atoms with Crippen molar-refractivity contribution in [1.82, 2.24) is 15.3 Å². The van der Waals surface area contributed by atoms with Crippen LogP contribution in [0.5, 0.6) is 0 Å². The predicted octanol–water partition coefficient (Wildman–Crippen LogP) is 3.12. The summed E-state index contributed by atoms with van der Waals surface area (Å²) in [6.45, 7) is 8.26. The van der Waals surface area contributed by atoms with Crippen LogP contribution in [0.3, 0.4) is 0 Å². The van der Waals surface area contributed by atoms with Gasteiger partial charge in [-0.15, -0.1) is 0 Å². The van der Waals surface area contributed by atoms with Gasteiger partial charge in [-0.3, -0.25) is 0 Å². The summed E-state index contributed by atoms with van der Waals surface area (Å²) in [5, 5.41) is 3.43. The second-order valence-corrected chi connectivity index (χ2v) is 5.60. The molecule has 3 nitrogen and oxygen atoms in total. The number of benzene rings is 1. The van der Waals surface area contributed by atoms with Crippen molar-refractivity contribution in [3.63, 3.8) is 0 Å². The third-order valence-electron chi connectivity index (χ3n) is 3.02. The van der Waals surface area contributed by atoms with E-state index < -0.39 is 0 Å². The van der Waals surface area contributed by atoms with Crippen molar-refractivity contribution in [1.29, 1.82) is 0 Å². The quantitative estimate of drug-likeness (QED) is 0.875. The molecule has 0 bridgehead atoms. The number of rotatable bonds is 6. The number of nitrogens with one attached hydrogen (secondary N) is 1. The summed E-state index contributed by atoms with van der Waals surface area (Å²) >= 11 is 0. The van der Waals surface area contributed by atoms with E-state index in [9.17, 15) is 0 Å². The summed E-state index contributed by atoms with van der Waals surface area (Å²) in [7, 11) is 0. The number of hydrogen-bond acceptors (Lipinski definition) is 3. The Labute approximate surface area is 121 Å². The normalized spacial score (nSPS) is 11.0. The van der Waals surface area contributed by atoms with E-state index in [4.69, 9.17) is 0 Å². The van der Waals surface area contributed by atoms with Gasteiger partial charge in [-0.25, -0.2) is 9.97 Å². The lowest BCUT2D eigenvalue weighted by molar-refractivity contribution is 0.547. The lowest BCUT2D eigenvalue weighted by Crippen LogP contribution is -2.20. The zero-order valence-electron chi connectivity index (χ0n) is 12.6. The minimum atomic E-state index is 0.654. The van der Waals surface area contributed by atoms with Crippen LogP contribution < -0.4 is 5.32 Å². The Kier molecular flexibility index (Phi) is 5.24. The Hall–Kier alpha value is -1.74. The van der Waals surface area contributed by atoms with E-state index in [-0.39, 0.29) is 0 Å². The molecule has 1 heterocycles. The van der Waals surface area contributed by atoms with Gasteiger partial charge in [-0.05, 0) is 31.0 Å². The van der Waals surface area contributed by atoms with Crippen molar-refractivity contribution >= 4 is 0 Å². The molecule has 0 spiro atoms. The van der Waals surface area contributed by atoms with Crippen LogP contribution in [0.2, 0.25) is 0 Å². The highest BCUT2D eigenvalue weighted by molar-refractivity contribution is 5.20. The van der Waals surface area contributed by atoms with E-state index in [1.807, 2.05) is 13.0 Å². The average Bonchev–Trinajstić information content (AvgIpc) is 2.38. The first-order valence-electron chi connectivity index (χ1n) is 7.21. The summed E-state index contributed by atoms with van der Waals surface area (Å²) in [6, 6.07) is 12.4. The summed E-state index contributed by atoms with van der Waals surface area (Å²) in [6.07, 6.45) is 0.791. The summed E-state index contributed by atoms with van der Waals surface area (Å²) < 4.78 is 0. The molecule has 1 aromatic carbocycles. The van der Waals surface area contributed by atoms with E-state index in [1.165, 1.54) is 5.56 Å². The van der Waals surface area contributed by atoms with Gasteiger partial charge in [0.15, 0.2) is 0 Å². The molecule has 20 heavy (non-hydrogen) atoms. The molecule has 0 saturated carbocycles. The van der Waals surface area contributed by atoms with Gasteiger partial charge in [0.25, 0.3) is 0 Å². The summed E-state index contributed by atoms with van der Waals surface area (Å²) in [5.74, 6) is 1.55. The largest absolute Gasteiger partial charge is 0.311 e. The van der Waals surface area contributed by atoms with Gasteiger partial charge < -0.3 is 5.32 Å². The average molecular weight is 269 g/mol. The van der Waals surface area contributed by atoms with Crippen molar-refractivity contribution < 1.29 is 0 Å². The van der Waals surface area contributed by atoms with Crippen LogP contribution >= 0.6 is 0 Å². The Morgan fingerprint density at radius 3 is 2.55 bits per heavy atom.